The van der Waals surface area contributed by atoms with Crippen LogP contribution in [-0.4, -0.2) is 51.1 Å². The molecule has 16 heavy (non-hydrogen) atoms. The van der Waals surface area contributed by atoms with Crippen LogP contribution < -0.4 is 0 Å². The molecule has 88 valence electrons. The van der Waals surface area contributed by atoms with Crippen LogP contribution in [0.25, 0.3) is 0 Å². The minimum atomic E-state index is -0.194. The third-order valence-corrected chi connectivity index (χ3v) is 2.87. The molecule has 1 N–H and O–H groups in total. The third-order valence-electron chi connectivity index (χ3n) is 2.87. The summed E-state index contributed by atoms with van der Waals surface area (Å²) < 4.78 is 1.64. The highest BCUT2D eigenvalue weighted by atomic mass is 16.2. The molecule has 6 heteroatoms. The Morgan fingerprint density at radius 2 is 2.44 bits per heavy atom. The smallest absolute Gasteiger partial charge is 0.247 e. The number of carbonyl (C=O) groups excluding carboxylic acids is 1. The molecular formula is C10H16N4O2. The van der Waals surface area contributed by atoms with Gasteiger partial charge in [-0.05, 0) is 19.3 Å². The molecule has 6 nitrogen and oxygen atoms in total. The molecule has 1 amide bonds. The monoisotopic (exact) mass is 224 g/mol. The van der Waals surface area contributed by atoms with Crippen LogP contribution >= 0.6 is 0 Å². The lowest BCUT2D eigenvalue weighted by molar-refractivity contribution is -0.129. The van der Waals surface area contributed by atoms with E-state index < -0.39 is 0 Å². The molecule has 2 heterocycles. The number of aromatic nitrogens is 3. The zero-order valence-corrected chi connectivity index (χ0v) is 9.33. The zero-order chi connectivity index (χ0) is 11.5. The molecule has 0 bridgehead atoms. The van der Waals surface area contributed by atoms with Gasteiger partial charge in [-0.3, -0.25) is 4.79 Å². The fraction of sp³-hybridized carbons (Fsp3) is 0.700. The number of rotatable bonds is 4. The number of hydrogen-bond donors (Lipinski definition) is 1. The van der Waals surface area contributed by atoms with E-state index in [1.807, 2.05) is 0 Å². The summed E-state index contributed by atoms with van der Waals surface area (Å²) in [5.74, 6) is 0.0959. The fourth-order valence-electron chi connectivity index (χ4n) is 1.89. The Morgan fingerprint density at radius 1 is 1.62 bits per heavy atom. The molecule has 1 aromatic heterocycles. The van der Waals surface area contributed by atoms with Crippen molar-refractivity contribution in [2.45, 2.75) is 25.3 Å². The van der Waals surface area contributed by atoms with E-state index in [1.54, 1.807) is 22.8 Å². The maximum absolute atomic E-state index is 11.7. The molecule has 2 rings (SSSR count). The number of likely N-dealkylation sites (N-methyl/N-ethyl adjacent to an activating group) is 1. The maximum Gasteiger partial charge on any atom is 0.247 e. The van der Waals surface area contributed by atoms with Gasteiger partial charge in [0.05, 0.1) is 5.69 Å². The largest absolute Gasteiger partial charge is 0.396 e. The zero-order valence-electron chi connectivity index (χ0n) is 9.33. The third kappa shape index (κ3) is 2.06. The van der Waals surface area contributed by atoms with Crippen LogP contribution in [0.5, 0.6) is 0 Å². The quantitative estimate of drug-likeness (QED) is 0.756. The van der Waals surface area contributed by atoms with Crippen LogP contribution in [0, 0.1) is 0 Å². The van der Waals surface area contributed by atoms with Gasteiger partial charge in [-0.15, -0.1) is 5.10 Å². The van der Waals surface area contributed by atoms with E-state index in [4.69, 9.17) is 5.11 Å². The second-order valence-electron chi connectivity index (χ2n) is 4.08. The van der Waals surface area contributed by atoms with Crippen molar-refractivity contribution in [1.82, 2.24) is 19.9 Å². The summed E-state index contributed by atoms with van der Waals surface area (Å²) in [6, 6.07) is -0.194. The van der Waals surface area contributed by atoms with Crippen LogP contribution in [0.15, 0.2) is 6.20 Å². The van der Waals surface area contributed by atoms with Crippen molar-refractivity contribution in [3.8, 4) is 0 Å². The molecule has 0 aliphatic carbocycles. The Hall–Kier alpha value is -1.43. The van der Waals surface area contributed by atoms with Gasteiger partial charge in [-0.1, -0.05) is 5.21 Å². The van der Waals surface area contributed by atoms with Crippen molar-refractivity contribution in [1.29, 1.82) is 0 Å². The average molecular weight is 224 g/mol. The average Bonchev–Trinajstić information content (AvgIpc) is 2.85. The van der Waals surface area contributed by atoms with Crippen molar-refractivity contribution in [3.05, 3.63) is 11.9 Å². The minimum Gasteiger partial charge on any atom is -0.396 e. The van der Waals surface area contributed by atoms with E-state index in [1.165, 1.54) is 0 Å². The van der Waals surface area contributed by atoms with E-state index in [0.29, 0.717) is 12.8 Å². The van der Waals surface area contributed by atoms with Crippen LogP contribution in [0.4, 0.5) is 0 Å². The number of hydrogen-bond acceptors (Lipinski definition) is 4. The van der Waals surface area contributed by atoms with Gasteiger partial charge >= 0.3 is 0 Å². The van der Waals surface area contributed by atoms with Gasteiger partial charge in [0, 0.05) is 26.4 Å². The van der Waals surface area contributed by atoms with Gasteiger partial charge in [0.1, 0.15) is 6.04 Å². The Bertz CT molecular complexity index is 377. The molecule has 0 saturated carbocycles. The summed E-state index contributed by atoms with van der Waals surface area (Å²) in [4.78, 5) is 13.4. The SMILES string of the molecule is CN1CCC(n2cc(CCCO)nn2)C1=O. The summed E-state index contributed by atoms with van der Waals surface area (Å²) in [5.41, 5.74) is 0.830. The van der Waals surface area contributed by atoms with Crippen LogP contribution in [0.3, 0.4) is 0 Å². The Kier molecular flexibility index (Phi) is 3.19. The Balaban J connectivity index is 2.04. The topological polar surface area (TPSA) is 71.2 Å². The van der Waals surface area contributed by atoms with E-state index in [-0.39, 0.29) is 18.6 Å². The number of carbonyl (C=O) groups is 1. The molecule has 1 aliphatic heterocycles. The highest BCUT2D eigenvalue weighted by molar-refractivity contribution is 5.82. The lowest BCUT2D eigenvalue weighted by Gasteiger charge is -2.09. The number of aryl methyl sites for hydroxylation is 1. The molecule has 0 aromatic carbocycles. The minimum absolute atomic E-state index is 0.0959. The number of likely N-dealkylation sites (tertiary alicyclic amines) is 1. The summed E-state index contributed by atoms with van der Waals surface area (Å²) in [5, 5.41) is 16.7. The lowest BCUT2D eigenvalue weighted by Crippen LogP contribution is -2.24. The molecular weight excluding hydrogens is 208 g/mol. The first-order valence-corrected chi connectivity index (χ1v) is 5.49. The second kappa shape index (κ2) is 4.61. The molecule has 1 aliphatic rings. The standard InChI is InChI=1S/C10H16N4O2/c1-13-5-4-9(10(13)16)14-7-8(11-12-14)3-2-6-15/h7,9,15H,2-6H2,1H3. The van der Waals surface area contributed by atoms with Crippen molar-refractivity contribution in [2.75, 3.05) is 20.2 Å². The van der Waals surface area contributed by atoms with Gasteiger partial charge in [0.25, 0.3) is 0 Å². The molecule has 0 spiro atoms. The number of aliphatic hydroxyl groups excluding tert-OH is 1. The van der Waals surface area contributed by atoms with Crippen LogP contribution in [-0.2, 0) is 11.2 Å². The van der Waals surface area contributed by atoms with Crippen LogP contribution in [0.2, 0.25) is 0 Å². The molecule has 1 unspecified atom stereocenters. The lowest BCUT2D eigenvalue weighted by atomic mass is 10.2. The molecule has 1 fully saturated rings. The van der Waals surface area contributed by atoms with E-state index >= 15 is 0 Å². The molecule has 1 aromatic rings. The summed E-state index contributed by atoms with van der Waals surface area (Å²) in [6.07, 6.45) is 3.97. The van der Waals surface area contributed by atoms with Gasteiger partial charge in [-0.2, -0.15) is 0 Å². The molecule has 1 saturated heterocycles. The summed E-state index contributed by atoms with van der Waals surface area (Å²) >= 11 is 0. The predicted molar refractivity (Wildman–Crippen MR) is 56.7 cm³/mol. The van der Waals surface area contributed by atoms with E-state index in [2.05, 4.69) is 10.3 Å². The highest BCUT2D eigenvalue weighted by Gasteiger charge is 2.31. The van der Waals surface area contributed by atoms with Gasteiger partial charge < -0.3 is 10.0 Å². The van der Waals surface area contributed by atoms with Crippen molar-refractivity contribution >= 4 is 5.91 Å². The Labute approximate surface area is 93.9 Å². The van der Waals surface area contributed by atoms with E-state index in [9.17, 15) is 4.79 Å². The van der Waals surface area contributed by atoms with Crippen molar-refractivity contribution < 1.29 is 9.90 Å². The highest BCUT2D eigenvalue weighted by Crippen LogP contribution is 2.20. The number of amides is 1. The first-order valence-electron chi connectivity index (χ1n) is 5.49. The first kappa shape index (κ1) is 11.1. The van der Waals surface area contributed by atoms with Crippen LogP contribution in [0.1, 0.15) is 24.6 Å². The van der Waals surface area contributed by atoms with Crippen molar-refractivity contribution in [3.63, 3.8) is 0 Å². The first-order chi connectivity index (χ1) is 7.72. The number of aliphatic hydroxyl groups is 1. The number of nitrogens with zero attached hydrogens (tertiary/aromatic N) is 4. The summed E-state index contributed by atoms with van der Waals surface area (Å²) in [6.45, 7) is 0.924. The molecule has 1 atom stereocenters. The Morgan fingerprint density at radius 3 is 3.06 bits per heavy atom. The van der Waals surface area contributed by atoms with Gasteiger partial charge in [0.2, 0.25) is 5.91 Å². The normalized spacial score (nSPS) is 20.8. The van der Waals surface area contributed by atoms with E-state index in [0.717, 1.165) is 18.7 Å². The van der Waals surface area contributed by atoms with Crippen molar-refractivity contribution in [2.24, 2.45) is 0 Å². The second-order valence-corrected chi connectivity index (χ2v) is 4.08. The van der Waals surface area contributed by atoms with Gasteiger partial charge in [-0.25, -0.2) is 4.68 Å². The summed E-state index contributed by atoms with van der Waals surface area (Å²) in [7, 11) is 1.80. The predicted octanol–water partition coefficient (Wildman–Crippen LogP) is -0.394. The molecule has 0 radical (unpaired) electrons. The van der Waals surface area contributed by atoms with Gasteiger partial charge in [0.15, 0.2) is 0 Å². The fourth-order valence-corrected chi connectivity index (χ4v) is 1.89. The maximum atomic E-state index is 11.7.